The summed E-state index contributed by atoms with van der Waals surface area (Å²) in [5.74, 6) is 0.946. The van der Waals surface area contributed by atoms with Gasteiger partial charge in [-0.2, -0.15) is 0 Å². The number of unbranched alkanes of at least 4 members (excludes halogenated alkanes) is 2. The van der Waals surface area contributed by atoms with Crippen LogP contribution in [0.4, 0.5) is 0 Å². The first-order chi connectivity index (χ1) is 7.36. The summed E-state index contributed by atoms with van der Waals surface area (Å²) in [5, 5.41) is 0. The Morgan fingerprint density at radius 1 is 1.27 bits per heavy atom. The Bertz CT molecular complexity index is 290. The molecule has 0 aliphatic carbocycles. The zero-order valence-corrected chi connectivity index (χ0v) is 11.7. The second kappa shape index (κ2) is 7.79. The molecular weight excluding hydrogens is 300 g/mol. The molecule has 0 fully saturated rings. The SMILES string of the molecule is CCCC/C=C\[Te]c1ccc(OC)cc1. The van der Waals surface area contributed by atoms with Crippen molar-refractivity contribution in [1.29, 1.82) is 0 Å². The standard InChI is InChI=1S/C13H18OTe/c1-3-4-5-6-11-15-13-9-7-12(14-2)8-10-13/h6-11H,3-5H2,1-2H3/b11-6-. The molecule has 0 heterocycles. The fraction of sp³-hybridized carbons (Fsp3) is 0.385. The van der Waals surface area contributed by atoms with E-state index in [0.29, 0.717) is 0 Å². The molecule has 15 heavy (non-hydrogen) atoms. The van der Waals surface area contributed by atoms with Crippen LogP contribution in [0, 0.1) is 0 Å². The molecule has 1 nitrogen and oxygen atoms in total. The first kappa shape index (κ1) is 12.6. The van der Waals surface area contributed by atoms with Crippen LogP contribution in [0.15, 0.2) is 34.5 Å². The Hall–Kier alpha value is -0.450. The fourth-order valence-electron chi connectivity index (χ4n) is 1.17. The third-order valence-corrected chi connectivity index (χ3v) is 4.58. The van der Waals surface area contributed by atoms with Gasteiger partial charge < -0.3 is 0 Å². The van der Waals surface area contributed by atoms with Crippen LogP contribution < -0.4 is 8.35 Å². The van der Waals surface area contributed by atoms with Crippen LogP contribution in [0.3, 0.4) is 0 Å². The summed E-state index contributed by atoms with van der Waals surface area (Å²) in [6.45, 7) is 2.23. The number of allylic oxidation sites excluding steroid dienone is 1. The van der Waals surface area contributed by atoms with Gasteiger partial charge in [-0.05, 0) is 0 Å². The summed E-state index contributed by atoms with van der Waals surface area (Å²) < 4.78 is 8.97. The van der Waals surface area contributed by atoms with Crippen molar-refractivity contribution in [3.8, 4) is 5.75 Å². The third kappa shape index (κ3) is 5.25. The molecule has 1 aromatic carbocycles. The van der Waals surface area contributed by atoms with Crippen LogP contribution in [-0.2, 0) is 0 Å². The first-order valence-corrected chi connectivity index (χ1v) is 7.83. The Labute approximate surface area is 103 Å². The van der Waals surface area contributed by atoms with Crippen molar-refractivity contribution >= 4 is 24.5 Å². The molecule has 0 bridgehead atoms. The molecule has 0 aliphatic heterocycles. The van der Waals surface area contributed by atoms with Crippen molar-refractivity contribution in [1.82, 2.24) is 0 Å². The van der Waals surface area contributed by atoms with Crippen molar-refractivity contribution in [2.75, 3.05) is 7.11 Å². The van der Waals surface area contributed by atoms with E-state index >= 15 is 0 Å². The summed E-state index contributed by atoms with van der Waals surface area (Å²) in [6.07, 6.45) is 6.16. The van der Waals surface area contributed by atoms with Gasteiger partial charge in [0.05, 0.1) is 0 Å². The molecule has 0 atom stereocenters. The molecule has 82 valence electrons. The summed E-state index contributed by atoms with van der Waals surface area (Å²) in [6, 6.07) is 8.43. The molecule has 0 saturated heterocycles. The zero-order valence-electron chi connectivity index (χ0n) is 9.40. The van der Waals surface area contributed by atoms with E-state index in [1.54, 1.807) is 7.11 Å². The molecule has 2 heteroatoms. The van der Waals surface area contributed by atoms with E-state index in [0.717, 1.165) is 5.75 Å². The molecule has 1 aromatic rings. The Morgan fingerprint density at radius 2 is 2.00 bits per heavy atom. The molecule has 0 radical (unpaired) electrons. The number of methoxy groups -OCH3 is 1. The van der Waals surface area contributed by atoms with Gasteiger partial charge in [-0.25, -0.2) is 0 Å². The van der Waals surface area contributed by atoms with Crippen LogP contribution in [0.25, 0.3) is 0 Å². The number of ether oxygens (including phenoxy) is 1. The Balaban J connectivity index is 2.34. The molecule has 0 N–H and O–H groups in total. The molecule has 0 saturated carbocycles. The molecule has 0 unspecified atom stereocenters. The average molecular weight is 318 g/mol. The minimum absolute atomic E-state index is 0.121. The summed E-state index contributed by atoms with van der Waals surface area (Å²) >= 11 is -0.121. The normalized spacial score (nSPS) is 10.8. The minimum atomic E-state index is -0.121. The van der Waals surface area contributed by atoms with Crippen molar-refractivity contribution < 1.29 is 4.74 Å². The summed E-state index contributed by atoms with van der Waals surface area (Å²) in [5.41, 5.74) is 0. The predicted molar refractivity (Wildman–Crippen MR) is 67.0 cm³/mol. The molecule has 1 rings (SSSR count). The third-order valence-electron chi connectivity index (χ3n) is 2.08. The number of benzene rings is 1. The number of rotatable bonds is 6. The van der Waals surface area contributed by atoms with Gasteiger partial charge in [0.2, 0.25) is 0 Å². The summed E-state index contributed by atoms with van der Waals surface area (Å²) in [4.78, 5) is 0. The van der Waals surface area contributed by atoms with Gasteiger partial charge in [0.1, 0.15) is 0 Å². The van der Waals surface area contributed by atoms with Gasteiger partial charge in [0.15, 0.2) is 0 Å². The molecular formula is C13H18OTe. The van der Waals surface area contributed by atoms with E-state index in [1.807, 2.05) is 12.1 Å². The van der Waals surface area contributed by atoms with E-state index in [2.05, 4.69) is 29.3 Å². The maximum absolute atomic E-state index is 5.12. The van der Waals surface area contributed by atoms with E-state index in [4.69, 9.17) is 4.74 Å². The van der Waals surface area contributed by atoms with Gasteiger partial charge in [-0.3, -0.25) is 0 Å². The van der Waals surface area contributed by atoms with Crippen LogP contribution in [0.5, 0.6) is 5.75 Å². The van der Waals surface area contributed by atoms with Crippen LogP contribution >= 0.6 is 0 Å². The zero-order chi connectivity index (χ0) is 10.9. The second-order valence-corrected chi connectivity index (χ2v) is 6.10. The fourth-order valence-corrected chi connectivity index (χ4v) is 3.12. The van der Waals surface area contributed by atoms with Crippen LogP contribution in [0.1, 0.15) is 26.2 Å². The van der Waals surface area contributed by atoms with Gasteiger partial charge in [-0.1, -0.05) is 0 Å². The van der Waals surface area contributed by atoms with E-state index in [1.165, 1.54) is 22.9 Å². The Kier molecular flexibility index (Phi) is 6.55. The quantitative estimate of drug-likeness (QED) is 0.579. The molecule has 0 aromatic heterocycles. The van der Waals surface area contributed by atoms with Gasteiger partial charge >= 0.3 is 103 Å². The Morgan fingerprint density at radius 3 is 2.60 bits per heavy atom. The van der Waals surface area contributed by atoms with Gasteiger partial charge in [0.25, 0.3) is 0 Å². The number of hydrogen-bond donors (Lipinski definition) is 0. The van der Waals surface area contributed by atoms with Crippen molar-refractivity contribution in [3.63, 3.8) is 0 Å². The van der Waals surface area contributed by atoms with E-state index in [-0.39, 0.29) is 20.9 Å². The average Bonchev–Trinajstić information content (AvgIpc) is 2.30. The van der Waals surface area contributed by atoms with Crippen LogP contribution in [0.2, 0.25) is 0 Å². The van der Waals surface area contributed by atoms with E-state index in [9.17, 15) is 0 Å². The molecule has 0 amide bonds. The monoisotopic (exact) mass is 320 g/mol. The summed E-state index contributed by atoms with van der Waals surface area (Å²) in [7, 11) is 1.70. The second-order valence-electron chi connectivity index (χ2n) is 3.31. The van der Waals surface area contributed by atoms with Crippen molar-refractivity contribution in [2.24, 2.45) is 0 Å². The van der Waals surface area contributed by atoms with Gasteiger partial charge in [0, 0.05) is 0 Å². The van der Waals surface area contributed by atoms with E-state index < -0.39 is 0 Å². The first-order valence-electron chi connectivity index (χ1n) is 5.32. The van der Waals surface area contributed by atoms with Crippen LogP contribution in [-0.4, -0.2) is 28.0 Å². The van der Waals surface area contributed by atoms with Gasteiger partial charge in [-0.15, -0.1) is 0 Å². The maximum atomic E-state index is 5.12. The predicted octanol–water partition coefficient (Wildman–Crippen LogP) is 2.73. The molecule has 0 aliphatic rings. The van der Waals surface area contributed by atoms with Crippen molar-refractivity contribution in [3.05, 3.63) is 34.5 Å². The van der Waals surface area contributed by atoms with Crippen molar-refractivity contribution in [2.45, 2.75) is 26.2 Å². The number of hydrogen-bond acceptors (Lipinski definition) is 1. The molecule has 0 spiro atoms. The topological polar surface area (TPSA) is 9.23 Å².